The van der Waals surface area contributed by atoms with Gasteiger partial charge in [0.2, 0.25) is 5.95 Å². The third kappa shape index (κ3) is 2.33. The highest BCUT2D eigenvalue weighted by Gasteiger charge is 2.14. The molecule has 0 amide bonds. The molecule has 4 nitrogen and oxygen atoms in total. The Morgan fingerprint density at radius 1 is 1.41 bits per heavy atom. The van der Waals surface area contributed by atoms with Crippen molar-refractivity contribution in [2.45, 2.75) is 12.5 Å². The third-order valence-electron chi connectivity index (χ3n) is 2.94. The molecule has 1 aromatic heterocycles. The fourth-order valence-electron chi connectivity index (χ4n) is 2.03. The molecule has 0 radical (unpaired) electrons. The average Bonchev–Trinajstić information content (AvgIpc) is 2.82. The van der Waals surface area contributed by atoms with Gasteiger partial charge in [-0.2, -0.15) is 0 Å². The fraction of sp³-hybridized carbons (Fsp3) is 0.333. The van der Waals surface area contributed by atoms with Crippen molar-refractivity contribution in [1.29, 1.82) is 0 Å². The molecule has 0 unspecified atom stereocenters. The topological polar surface area (TPSA) is 49.8 Å². The van der Waals surface area contributed by atoms with Crippen LogP contribution in [-0.4, -0.2) is 29.1 Å². The highest BCUT2D eigenvalue weighted by atomic mass is 35.5. The van der Waals surface area contributed by atoms with Crippen LogP contribution in [0.2, 0.25) is 5.02 Å². The Kier molecular flexibility index (Phi) is 2.82. The summed E-state index contributed by atoms with van der Waals surface area (Å²) in [4.78, 5) is 8.77. The van der Waals surface area contributed by atoms with E-state index in [0.717, 1.165) is 30.4 Å². The van der Waals surface area contributed by atoms with Crippen LogP contribution in [0.5, 0.6) is 0 Å². The van der Waals surface area contributed by atoms with Gasteiger partial charge in [0.15, 0.2) is 0 Å². The van der Waals surface area contributed by atoms with Crippen LogP contribution in [0.3, 0.4) is 0 Å². The van der Waals surface area contributed by atoms with Gasteiger partial charge in [-0.05, 0) is 31.2 Å². The SMILES string of the molecule is Clc1ccc2nc(N[C@@H]3CCNC3)ncc2c1. The number of rotatable bonds is 2. The lowest BCUT2D eigenvalue weighted by Crippen LogP contribution is -2.23. The van der Waals surface area contributed by atoms with Crippen LogP contribution in [-0.2, 0) is 0 Å². The van der Waals surface area contributed by atoms with Gasteiger partial charge in [0.05, 0.1) is 5.52 Å². The summed E-state index contributed by atoms with van der Waals surface area (Å²) in [7, 11) is 0. The summed E-state index contributed by atoms with van der Waals surface area (Å²) in [6, 6.07) is 6.06. The number of fused-ring (bicyclic) bond motifs is 1. The molecule has 3 rings (SSSR count). The van der Waals surface area contributed by atoms with E-state index in [-0.39, 0.29) is 0 Å². The lowest BCUT2D eigenvalue weighted by Gasteiger charge is -2.11. The molecule has 0 spiro atoms. The molecular weight excluding hydrogens is 236 g/mol. The fourth-order valence-corrected chi connectivity index (χ4v) is 2.21. The molecule has 5 heteroatoms. The highest BCUT2D eigenvalue weighted by molar-refractivity contribution is 6.31. The Morgan fingerprint density at radius 3 is 3.18 bits per heavy atom. The molecule has 0 saturated carbocycles. The van der Waals surface area contributed by atoms with E-state index < -0.39 is 0 Å². The molecule has 1 aliphatic rings. The molecule has 2 heterocycles. The van der Waals surface area contributed by atoms with E-state index in [1.807, 2.05) is 18.2 Å². The summed E-state index contributed by atoms with van der Waals surface area (Å²) in [6.07, 6.45) is 2.92. The van der Waals surface area contributed by atoms with Gasteiger partial charge in [-0.3, -0.25) is 0 Å². The molecule has 1 saturated heterocycles. The van der Waals surface area contributed by atoms with Crippen LogP contribution in [0.4, 0.5) is 5.95 Å². The number of hydrogen-bond donors (Lipinski definition) is 2. The summed E-state index contributed by atoms with van der Waals surface area (Å²) in [6.45, 7) is 2.03. The van der Waals surface area contributed by atoms with Crippen molar-refractivity contribution < 1.29 is 0 Å². The van der Waals surface area contributed by atoms with Crippen molar-refractivity contribution in [3.05, 3.63) is 29.4 Å². The van der Waals surface area contributed by atoms with Gasteiger partial charge in [0.25, 0.3) is 0 Å². The van der Waals surface area contributed by atoms with Crippen LogP contribution in [0.15, 0.2) is 24.4 Å². The van der Waals surface area contributed by atoms with Crippen molar-refractivity contribution in [1.82, 2.24) is 15.3 Å². The zero-order valence-electron chi connectivity index (χ0n) is 9.28. The monoisotopic (exact) mass is 248 g/mol. The number of aromatic nitrogens is 2. The molecule has 17 heavy (non-hydrogen) atoms. The van der Waals surface area contributed by atoms with Gasteiger partial charge < -0.3 is 10.6 Å². The van der Waals surface area contributed by atoms with Gasteiger partial charge in [-0.1, -0.05) is 11.6 Å². The van der Waals surface area contributed by atoms with Gasteiger partial charge in [0.1, 0.15) is 0 Å². The second-order valence-electron chi connectivity index (χ2n) is 4.23. The predicted molar refractivity (Wildman–Crippen MR) is 69.4 cm³/mol. The Hall–Kier alpha value is -1.39. The largest absolute Gasteiger partial charge is 0.350 e. The smallest absolute Gasteiger partial charge is 0.223 e. The van der Waals surface area contributed by atoms with E-state index in [9.17, 15) is 0 Å². The van der Waals surface area contributed by atoms with Crippen LogP contribution in [0.1, 0.15) is 6.42 Å². The summed E-state index contributed by atoms with van der Waals surface area (Å²) in [5.41, 5.74) is 0.915. The average molecular weight is 249 g/mol. The summed E-state index contributed by atoms with van der Waals surface area (Å²) in [5.74, 6) is 0.688. The first kappa shape index (κ1) is 10.7. The van der Waals surface area contributed by atoms with Crippen LogP contribution in [0, 0.1) is 0 Å². The van der Waals surface area contributed by atoms with E-state index in [4.69, 9.17) is 11.6 Å². The maximum absolute atomic E-state index is 5.92. The van der Waals surface area contributed by atoms with Crippen molar-refractivity contribution in [3.63, 3.8) is 0 Å². The minimum absolute atomic E-state index is 0.430. The molecule has 1 aliphatic heterocycles. The highest BCUT2D eigenvalue weighted by Crippen LogP contribution is 2.18. The maximum Gasteiger partial charge on any atom is 0.223 e. The zero-order chi connectivity index (χ0) is 11.7. The molecule has 0 aliphatic carbocycles. The second kappa shape index (κ2) is 4.47. The molecule has 1 fully saturated rings. The minimum atomic E-state index is 0.430. The van der Waals surface area contributed by atoms with Gasteiger partial charge in [0, 0.05) is 29.2 Å². The normalized spacial score (nSPS) is 19.7. The summed E-state index contributed by atoms with van der Waals surface area (Å²) < 4.78 is 0. The number of anilines is 1. The number of nitrogens with zero attached hydrogens (tertiary/aromatic N) is 2. The van der Waals surface area contributed by atoms with Crippen molar-refractivity contribution in [2.24, 2.45) is 0 Å². The van der Waals surface area contributed by atoms with Crippen molar-refractivity contribution in [3.8, 4) is 0 Å². The van der Waals surface area contributed by atoms with Gasteiger partial charge in [-0.15, -0.1) is 0 Å². The van der Waals surface area contributed by atoms with Crippen molar-refractivity contribution in [2.75, 3.05) is 18.4 Å². The number of benzene rings is 1. The minimum Gasteiger partial charge on any atom is -0.350 e. The zero-order valence-corrected chi connectivity index (χ0v) is 10.0. The van der Waals surface area contributed by atoms with E-state index in [0.29, 0.717) is 17.0 Å². The van der Waals surface area contributed by atoms with Crippen LogP contribution < -0.4 is 10.6 Å². The molecule has 1 atom stereocenters. The van der Waals surface area contributed by atoms with E-state index in [2.05, 4.69) is 20.6 Å². The number of hydrogen-bond acceptors (Lipinski definition) is 4. The van der Waals surface area contributed by atoms with Gasteiger partial charge in [-0.25, -0.2) is 9.97 Å². The predicted octanol–water partition coefficient (Wildman–Crippen LogP) is 2.06. The van der Waals surface area contributed by atoms with E-state index in [1.54, 1.807) is 6.20 Å². The lowest BCUT2D eigenvalue weighted by atomic mass is 10.2. The maximum atomic E-state index is 5.92. The molecule has 2 N–H and O–H groups in total. The van der Waals surface area contributed by atoms with E-state index in [1.165, 1.54) is 0 Å². The summed E-state index contributed by atoms with van der Waals surface area (Å²) in [5, 5.41) is 8.31. The third-order valence-corrected chi connectivity index (χ3v) is 3.17. The Balaban J connectivity index is 1.88. The van der Waals surface area contributed by atoms with Gasteiger partial charge >= 0.3 is 0 Å². The van der Waals surface area contributed by atoms with Crippen molar-refractivity contribution >= 4 is 28.5 Å². The lowest BCUT2D eigenvalue weighted by molar-refractivity contribution is 0.782. The number of nitrogens with one attached hydrogen (secondary N) is 2. The van der Waals surface area contributed by atoms with E-state index >= 15 is 0 Å². The first-order valence-electron chi connectivity index (χ1n) is 5.71. The molecule has 88 valence electrons. The Morgan fingerprint density at radius 2 is 2.35 bits per heavy atom. The van der Waals surface area contributed by atoms with Crippen LogP contribution in [0.25, 0.3) is 10.9 Å². The molecule has 2 aromatic rings. The Bertz CT molecular complexity index is 537. The first-order valence-corrected chi connectivity index (χ1v) is 6.08. The molecular formula is C12H13ClN4. The first-order chi connectivity index (χ1) is 8.31. The number of halogens is 1. The second-order valence-corrected chi connectivity index (χ2v) is 4.67. The molecule has 1 aromatic carbocycles. The van der Waals surface area contributed by atoms with Crippen LogP contribution >= 0.6 is 11.6 Å². The molecule has 0 bridgehead atoms. The quantitative estimate of drug-likeness (QED) is 0.854. The standard InChI is InChI=1S/C12H13ClN4/c13-9-1-2-11-8(5-9)6-15-12(17-11)16-10-3-4-14-7-10/h1-2,5-6,10,14H,3-4,7H2,(H,15,16,17)/t10-/m1/s1. The summed E-state index contributed by atoms with van der Waals surface area (Å²) >= 11 is 5.92. The Labute approximate surface area is 104 Å².